The summed E-state index contributed by atoms with van der Waals surface area (Å²) in [6.07, 6.45) is 0.382. The fourth-order valence-corrected chi connectivity index (χ4v) is 5.54. The van der Waals surface area contributed by atoms with Crippen molar-refractivity contribution in [3.63, 3.8) is 0 Å². The smallest absolute Gasteiger partial charge is 0.251 e. The lowest BCUT2D eigenvalue weighted by Crippen LogP contribution is -2.60. The van der Waals surface area contributed by atoms with Crippen molar-refractivity contribution in [2.24, 2.45) is 11.3 Å². The fourth-order valence-electron chi connectivity index (χ4n) is 5.42. The third-order valence-corrected chi connectivity index (χ3v) is 8.10. The molecule has 1 heterocycles. The van der Waals surface area contributed by atoms with Gasteiger partial charge in [0.15, 0.2) is 0 Å². The van der Waals surface area contributed by atoms with Gasteiger partial charge in [0.1, 0.15) is 11.8 Å². The number of amides is 2. The van der Waals surface area contributed by atoms with Gasteiger partial charge in [0.25, 0.3) is 5.91 Å². The van der Waals surface area contributed by atoms with Crippen LogP contribution in [0.3, 0.4) is 0 Å². The highest BCUT2D eigenvalue weighted by molar-refractivity contribution is 6.30. The van der Waals surface area contributed by atoms with Gasteiger partial charge >= 0.3 is 0 Å². The number of aliphatic hydroxyl groups is 1. The van der Waals surface area contributed by atoms with Crippen LogP contribution >= 0.6 is 11.6 Å². The van der Waals surface area contributed by atoms with Crippen LogP contribution < -0.4 is 10.1 Å². The van der Waals surface area contributed by atoms with Gasteiger partial charge in [-0.2, -0.15) is 0 Å². The molecular formula is C32H37ClN2O4. The standard InChI is InChI=1S/C32H37ClN2O4/c1-21(2)28(34-29(36)23-10-8-9-22(19-23)26-11-6-7-12-27(26)39-5)30(37)35-18-17-32(38,31(3,4)20-35)24-13-15-25(33)16-14-24/h6-16,19,21,28,38H,17-18,20H2,1-5H3,(H,34,36)/t28-,32+/m1/s1. The summed E-state index contributed by atoms with van der Waals surface area (Å²) in [5.41, 5.74) is 1.26. The maximum Gasteiger partial charge on any atom is 0.251 e. The predicted octanol–water partition coefficient (Wildman–Crippen LogP) is 5.92. The Bertz CT molecular complexity index is 1340. The van der Waals surface area contributed by atoms with E-state index in [1.165, 1.54) is 0 Å². The van der Waals surface area contributed by atoms with Crippen LogP contribution in [0.25, 0.3) is 11.1 Å². The third kappa shape index (κ3) is 5.82. The molecule has 0 spiro atoms. The molecule has 1 fully saturated rings. The Morgan fingerprint density at radius 1 is 1.03 bits per heavy atom. The number of carbonyl (C=O) groups excluding carboxylic acids is 2. The van der Waals surface area contributed by atoms with Gasteiger partial charge in [-0.1, -0.05) is 81.8 Å². The van der Waals surface area contributed by atoms with E-state index >= 15 is 0 Å². The first-order chi connectivity index (χ1) is 18.5. The second-order valence-electron chi connectivity index (χ2n) is 11.2. The van der Waals surface area contributed by atoms with Crippen molar-refractivity contribution >= 4 is 23.4 Å². The maximum absolute atomic E-state index is 13.8. The number of halogens is 1. The van der Waals surface area contributed by atoms with E-state index in [2.05, 4.69) is 5.32 Å². The van der Waals surface area contributed by atoms with Crippen molar-refractivity contribution in [3.8, 4) is 16.9 Å². The molecule has 0 bridgehead atoms. The molecule has 39 heavy (non-hydrogen) atoms. The lowest BCUT2D eigenvalue weighted by Gasteiger charge is -2.51. The Morgan fingerprint density at radius 2 is 1.72 bits per heavy atom. The monoisotopic (exact) mass is 548 g/mol. The number of rotatable bonds is 7. The Kier molecular flexibility index (Phi) is 8.38. The van der Waals surface area contributed by atoms with Gasteiger partial charge in [-0.05, 0) is 53.8 Å². The zero-order valence-corrected chi connectivity index (χ0v) is 24.0. The van der Waals surface area contributed by atoms with Crippen molar-refractivity contribution in [2.45, 2.75) is 45.8 Å². The highest BCUT2D eigenvalue weighted by Gasteiger charge is 2.50. The second-order valence-corrected chi connectivity index (χ2v) is 11.7. The summed E-state index contributed by atoms with van der Waals surface area (Å²) < 4.78 is 5.49. The number of piperidine rings is 1. The predicted molar refractivity (Wildman–Crippen MR) is 155 cm³/mol. The van der Waals surface area contributed by atoms with Gasteiger partial charge in [0, 0.05) is 34.7 Å². The molecule has 3 aromatic rings. The van der Waals surface area contributed by atoms with Crippen LogP contribution in [0.5, 0.6) is 5.75 Å². The SMILES string of the molecule is COc1ccccc1-c1cccc(C(=O)N[C@@H](C(=O)N2CC[C@](O)(c3ccc(Cl)cc3)C(C)(C)C2)C(C)C)c1. The first kappa shape index (κ1) is 28.7. The lowest BCUT2D eigenvalue weighted by molar-refractivity contribution is -0.155. The van der Waals surface area contributed by atoms with Gasteiger partial charge in [-0.3, -0.25) is 9.59 Å². The topological polar surface area (TPSA) is 78.9 Å². The quantitative estimate of drug-likeness (QED) is 0.384. The molecule has 3 aromatic carbocycles. The highest BCUT2D eigenvalue weighted by atomic mass is 35.5. The molecule has 1 aliphatic rings. The molecule has 2 atom stereocenters. The minimum absolute atomic E-state index is 0.126. The summed E-state index contributed by atoms with van der Waals surface area (Å²) in [5, 5.41) is 15.3. The average molecular weight is 549 g/mol. The van der Waals surface area contributed by atoms with Crippen molar-refractivity contribution in [2.75, 3.05) is 20.2 Å². The molecule has 0 unspecified atom stereocenters. The van der Waals surface area contributed by atoms with E-state index in [9.17, 15) is 14.7 Å². The van der Waals surface area contributed by atoms with Gasteiger partial charge in [-0.25, -0.2) is 0 Å². The molecule has 0 saturated carbocycles. The Hall–Kier alpha value is -3.35. The van der Waals surface area contributed by atoms with Crippen LogP contribution in [0, 0.1) is 11.3 Å². The lowest BCUT2D eigenvalue weighted by atomic mass is 9.66. The van der Waals surface area contributed by atoms with E-state index < -0.39 is 17.1 Å². The number of carbonyl (C=O) groups is 2. The van der Waals surface area contributed by atoms with Gasteiger partial charge in [0.2, 0.25) is 5.91 Å². The second kappa shape index (κ2) is 11.4. The molecular weight excluding hydrogens is 512 g/mol. The van der Waals surface area contributed by atoms with Crippen LogP contribution in [-0.4, -0.2) is 48.1 Å². The number of methoxy groups -OCH3 is 1. The van der Waals surface area contributed by atoms with Crippen LogP contribution in [0.15, 0.2) is 72.8 Å². The summed E-state index contributed by atoms with van der Waals surface area (Å²) in [7, 11) is 1.62. The molecule has 206 valence electrons. The Balaban J connectivity index is 1.51. The van der Waals surface area contributed by atoms with Crippen LogP contribution in [0.1, 0.15) is 50.0 Å². The van der Waals surface area contributed by atoms with E-state index in [1.54, 1.807) is 30.2 Å². The van der Waals surface area contributed by atoms with E-state index in [-0.39, 0.29) is 17.7 Å². The molecule has 1 aliphatic heterocycles. The third-order valence-electron chi connectivity index (χ3n) is 7.84. The van der Waals surface area contributed by atoms with Crippen molar-refractivity contribution in [1.82, 2.24) is 10.2 Å². The molecule has 6 nitrogen and oxygen atoms in total. The van der Waals surface area contributed by atoms with E-state index in [0.29, 0.717) is 30.1 Å². The summed E-state index contributed by atoms with van der Waals surface area (Å²) in [6, 6.07) is 21.5. The highest BCUT2D eigenvalue weighted by Crippen LogP contribution is 2.46. The summed E-state index contributed by atoms with van der Waals surface area (Å²) >= 11 is 6.06. The number of para-hydroxylation sites is 1. The van der Waals surface area contributed by atoms with E-state index in [4.69, 9.17) is 16.3 Å². The van der Waals surface area contributed by atoms with Crippen molar-refractivity contribution in [3.05, 3.63) is 88.9 Å². The van der Waals surface area contributed by atoms with Crippen LogP contribution in [-0.2, 0) is 10.4 Å². The minimum atomic E-state index is -1.11. The number of hydrogen-bond donors (Lipinski definition) is 2. The molecule has 7 heteroatoms. The molecule has 1 saturated heterocycles. The zero-order chi connectivity index (χ0) is 28.4. The molecule has 2 amide bonds. The zero-order valence-electron chi connectivity index (χ0n) is 23.2. The molecule has 2 N–H and O–H groups in total. The summed E-state index contributed by atoms with van der Waals surface area (Å²) in [5.74, 6) is 0.133. The number of likely N-dealkylation sites (tertiary alicyclic amines) is 1. The number of hydrogen-bond acceptors (Lipinski definition) is 4. The first-order valence-corrected chi connectivity index (χ1v) is 13.7. The minimum Gasteiger partial charge on any atom is -0.496 e. The Labute approximate surface area is 235 Å². The first-order valence-electron chi connectivity index (χ1n) is 13.3. The Morgan fingerprint density at radius 3 is 2.36 bits per heavy atom. The number of benzene rings is 3. The summed E-state index contributed by atoms with van der Waals surface area (Å²) in [6.45, 7) is 8.51. The number of nitrogens with one attached hydrogen (secondary N) is 1. The average Bonchev–Trinajstić information content (AvgIpc) is 2.92. The largest absolute Gasteiger partial charge is 0.496 e. The molecule has 0 aromatic heterocycles. The maximum atomic E-state index is 13.8. The van der Waals surface area contributed by atoms with Gasteiger partial charge in [-0.15, -0.1) is 0 Å². The molecule has 0 aliphatic carbocycles. The van der Waals surface area contributed by atoms with Gasteiger partial charge < -0.3 is 20.1 Å². The summed E-state index contributed by atoms with van der Waals surface area (Å²) in [4.78, 5) is 28.9. The van der Waals surface area contributed by atoms with Crippen LogP contribution in [0.4, 0.5) is 0 Å². The normalized spacial score (nSPS) is 19.4. The molecule has 0 radical (unpaired) electrons. The van der Waals surface area contributed by atoms with Crippen LogP contribution in [0.2, 0.25) is 5.02 Å². The van der Waals surface area contributed by atoms with Gasteiger partial charge in [0.05, 0.1) is 12.7 Å². The van der Waals surface area contributed by atoms with E-state index in [1.807, 2.05) is 82.3 Å². The molecule has 4 rings (SSSR count). The number of ether oxygens (including phenoxy) is 1. The van der Waals surface area contributed by atoms with E-state index in [0.717, 1.165) is 22.4 Å². The van der Waals surface area contributed by atoms with Crippen molar-refractivity contribution in [1.29, 1.82) is 0 Å². The number of nitrogens with zero attached hydrogens (tertiary/aromatic N) is 1. The fraction of sp³-hybridized carbons (Fsp3) is 0.375. The van der Waals surface area contributed by atoms with Crippen molar-refractivity contribution < 1.29 is 19.4 Å².